The quantitative estimate of drug-likeness (QED) is 0.641. The van der Waals surface area contributed by atoms with Crippen LogP contribution in [0.3, 0.4) is 0 Å². The number of alkyl halides is 3. The number of aromatic nitrogens is 4. The molecule has 9 heteroatoms. The highest BCUT2D eigenvalue weighted by molar-refractivity contribution is 7.71. The molecule has 0 amide bonds. The second-order valence-electron chi connectivity index (χ2n) is 6.29. The normalized spacial score (nSPS) is 12.3. The number of halogens is 3. The van der Waals surface area contributed by atoms with Crippen molar-refractivity contribution in [1.82, 2.24) is 24.1 Å². The number of benzene rings is 1. The summed E-state index contributed by atoms with van der Waals surface area (Å²) in [6.45, 7) is 4.76. The molecule has 0 fully saturated rings. The van der Waals surface area contributed by atoms with Gasteiger partial charge in [-0.05, 0) is 56.9 Å². The molecule has 26 heavy (non-hydrogen) atoms. The smallest absolute Gasteiger partial charge is 0.283 e. The van der Waals surface area contributed by atoms with Gasteiger partial charge in [-0.15, -0.1) is 0 Å². The summed E-state index contributed by atoms with van der Waals surface area (Å²) < 4.78 is 42.0. The third-order valence-electron chi connectivity index (χ3n) is 3.98. The van der Waals surface area contributed by atoms with E-state index in [1.165, 1.54) is 12.1 Å². The van der Waals surface area contributed by atoms with Crippen molar-refractivity contribution in [3.05, 3.63) is 57.6 Å². The standard InChI is InChI=1S/C17H18F3N5S/c1-11-8-12(2)25-15(21-11)22-16(26)24(25)10-23(3)9-13-4-6-14(7-5-13)17(18,19)20/h4-8H,9-10H2,1-3H3. The molecule has 2 heterocycles. The van der Waals surface area contributed by atoms with Gasteiger partial charge in [0.15, 0.2) is 0 Å². The van der Waals surface area contributed by atoms with Crippen molar-refractivity contribution >= 4 is 18.0 Å². The van der Waals surface area contributed by atoms with E-state index >= 15 is 0 Å². The van der Waals surface area contributed by atoms with Crippen molar-refractivity contribution in [2.45, 2.75) is 33.2 Å². The van der Waals surface area contributed by atoms with Crippen LogP contribution in [0.5, 0.6) is 0 Å². The van der Waals surface area contributed by atoms with Crippen LogP contribution >= 0.6 is 12.2 Å². The van der Waals surface area contributed by atoms with E-state index in [1.54, 1.807) is 0 Å². The minimum absolute atomic E-state index is 0.408. The molecule has 3 rings (SSSR count). The second kappa shape index (κ2) is 6.81. The second-order valence-corrected chi connectivity index (χ2v) is 6.66. The fraction of sp³-hybridized carbons (Fsp3) is 0.353. The Hall–Kier alpha value is -2.26. The highest BCUT2D eigenvalue weighted by Crippen LogP contribution is 2.29. The van der Waals surface area contributed by atoms with Crippen molar-refractivity contribution in [3.8, 4) is 0 Å². The molecular weight excluding hydrogens is 363 g/mol. The van der Waals surface area contributed by atoms with E-state index in [2.05, 4.69) is 9.97 Å². The summed E-state index contributed by atoms with van der Waals surface area (Å²) in [6, 6.07) is 7.11. The first kappa shape index (κ1) is 18.5. The van der Waals surface area contributed by atoms with Crippen LogP contribution in [0.2, 0.25) is 0 Å². The van der Waals surface area contributed by atoms with Gasteiger partial charge < -0.3 is 0 Å². The van der Waals surface area contributed by atoms with Crippen molar-refractivity contribution in [2.24, 2.45) is 0 Å². The molecule has 0 atom stereocenters. The molecule has 3 aromatic rings. The highest BCUT2D eigenvalue weighted by atomic mass is 32.1. The third kappa shape index (κ3) is 3.78. The summed E-state index contributed by atoms with van der Waals surface area (Å²) in [4.78, 5) is 10.6. The number of hydrogen-bond donors (Lipinski definition) is 0. The molecule has 0 radical (unpaired) electrons. The molecule has 0 unspecified atom stereocenters. The van der Waals surface area contributed by atoms with Crippen molar-refractivity contribution in [1.29, 1.82) is 0 Å². The van der Waals surface area contributed by atoms with Gasteiger partial charge in [0, 0.05) is 17.9 Å². The Morgan fingerprint density at radius 2 is 1.77 bits per heavy atom. The van der Waals surface area contributed by atoms with E-state index in [-0.39, 0.29) is 0 Å². The predicted molar refractivity (Wildman–Crippen MR) is 94.2 cm³/mol. The molecule has 0 bridgehead atoms. The van der Waals surface area contributed by atoms with Crippen LogP contribution in [0.15, 0.2) is 30.3 Å². The number of aryl methyl sites for hydroxylation is 2. The van der Waals surface area contributed by atoms with Gasteiger partial charge in [0.1, 0.15) is 0 Å². The van der Waals surface area contributed by atoms with Crippen LogP contribution in [0.25, 0.3) is 5.78 Å². The summed E-state index contributed by atoms with van der Waals surface area (Å²) in [7, 11) is 1.87. The summed E-state index contributed by atoms with van der Waals surface area (Å²) in [5, 5.41) is 0. The van der Waals surface area contributed by atoms with Crippen LogP contribution in [-0.2, 0) is 19.4 Å². The van der Waals surface area contributed by atoms with Crippen molar-refractivity contribution < 1.29 is 13.2 Å². The Labute approximate surface area is 153 Å². The largest absolute Gasteiger partial charge is 0.416 e. The van der Waals surface area contributed by atoms with Gasteiger partial charge >= 0.3 is 6.18 Å². The fourth-order valence-corrected chi connectivity index (χ4v) is 3.09. The van der Waals surface area contributed by atoms with Crippen LogP contribution < -0.4 is 0 Å². The molecule has 0 spiro atoms. The average molecular weight is 381 g/mol. The molecular formula is C17H18F3N5S. The average Bonchev–Trinajstić information content (AvgIpc) is 2.82. The van der Waals surface area contributed by atoms with Gasteiger partial charge in [-0.2, -0.15) is 18.2 Å². The highest BCUT2D eigenvalue weighted by Gasteiger charge is 2.29. The van der Waals surface area contributed by atoms with E-state index in [0.717, 1.165) is 29.1 Å². The molecule has 0 aliphatic heterocycles. The molecule has 1 aromatic carbocycles. The first-order valence-corrected chi connectivity index (χ1v) is 8.34. The minimum Gasteiger partial charge on any atom is -0.283 e. The zero-order chi connectivity index (χ0) is 19.1. The van der Waals surface area contributed by atoms with E-state index in [1.807, 2.05) is 41.1 Å². The monoisotopic (exact) mass is 381 g/mol. The van der Waals surface area contributed by atoms with E-state index in [4.69, 9.17) is 12.2 Å². The SMILES string of the molecule is Cc1cc(C)n2c(n1)nc(=S)n2CN(C)Cc1ccc(C(F)(F)F)cc1. The fourth-order valence-electron chi connectivity index (χ4n) is 2.87. The topological polar surface area (TPSA) is 38.4 Å². The Balaban J connectivity index is 1.80. The lowest BCUT2D eigenvalue weighted by atomic mass is 10.1. The molecule has 0 saturated carbocycles. The first-order chi connectivity index (χ1) is 12.1. The molecule has 5 nitrogen and oxygen atoms in total. The molecule has 0 N–H and O–H groups in total. The van der Waals surface area contributed by atoms with E-state index < -0.39 is 11.7 Å². The van der Waals surface area contributed by atoms with E-state index in [0.29, 0.717) is 23.8 Å². The lowest BCUT2D eigenvalue weighted by molar-refractivity contribution is -0.137. The third-order valence-corrected chi connectivity index (χ3v) is 4.29. The molecule has 0 aliphatic carbocycles. The Morgan fingerprint density at radius 1 is 1.12 bits per heavy atom. The maximum atomic E-state index is 12.7. The number of nitrogens with zero attached hydrogens (tertiary/aromatic N) is 5. The van der Waals surface area contributed by atoms with Crippen LogP contribution in [0.4, 0.5) is 13.2 Å². The van der Waals surface area contributed by atoms with Gasteiger partial charge in [-0.3, -0.25) is 4.90 Å². The number of fused-ring (bicyclic) bond motifs is 1. The van der Waals surface area contributed by atoms with Gasteiger partial charge in [0.2, 0.25) is 4.77 Å². The molecule has 138 valence electrons. The zero-order valence-corrected chi connectivity index (χ0v) is 15.4. The summed E-state index contributed by atoms with van der Waals surface area (Å²) in [5.41, 5.74) is 1.95. The Kier molecular flexibility index (Phi) is 4.85. The molecule has 2 aromatic heterocycles. The summed E-state index contributed by atoms with van der Waals surface area (Å²) >= 11 is 5.34. The Morgan fingerprint density at radius 3 is 2.38 bits per heavy atom. The van der Waals surface area contributed by atoms with Crippen molar-refractivity contribution in [3.63, 3.8) is 0 Å². The lowest BCUT2D eigenvalue weighted by Gasteiger charge is -2.19. The van der Waals surface area contributed by atoms with Gasteiger partial charge in [-0.1, -0.05) is 12.1 Å². The summed E-state index contributed by atoms with van der Waals surface area (Å²) in [6.07, 6.45) is -4.32. The number of rotatable bonds is 4. The predicted octanol–water partition coefficient (Wildman–Crippen LogP) is 3.99. The van der Waals surface area contributed by atoms with Crippen LogP contribution in [-0.4, -0.2) is 31.1 Å². The maximum Gasteiger partial charge on any atom is 0.416 e. The van der Waals surface area contributed by atoms with Gasteiger partial charge in [-0.25, -0.2) is 14.2 Å². The summed E-state index contributed by atoms with van der Waals surface area (Å²) in [5.74, 6) is 0.537. The van der Waals surface area contributed by atoms with Gasteiger partial charge in [0.05, 0.1) is 12.2 Å². The Bertz CT molecular complexity index is 989. The van der Waals surface area contributed by atoms with Crippen LogP contribution in [0.1, 0.15) is 22.5 Å². The van der Waals surface area contributed by atoms with Crippen molar-refractivity contribution in [2.75, 3.05) is 7.05 Å². The molecule has 0 aliphatic rings. The zero-order valence-electron chi connectivity index (χ0n) is 14.6. The lowest BCUT2D eigenvalue weighted by Crippen LogP contribution is -2.24. The number of hydrogen-bond acceptors (Lipinski definition) is 4. The van der Waals surface area contributed by atoms with Crippen LogP contribution in [0, 0.1) is 18.6 Å². The van der Waals surface area contributed by atoms with E-state index in [9.17, 15) is 13.2 Å². The minimum atomic E-state index is -4.32. The maximum absolute atomic E-state index is 12.7. The van der Waals surface area contributed by atoms with Gasteiger partial charge in [0.25, 0.3) is 5.78 Å². The first-order valence-electron chi connectivity index (χ1n) is 7.93. The molecule has 0 saturated heterocycles.